The van der Waals surface area contributed by atoms with Crippen molar-refractivity contribution in [2.75, 3.05) is 39.3 Å². The van der Waals surface area contributed by atoms with E-state index in [9.17, 15) is 40.9 Å². The SMILES string of the molecule is NCCN.NCCN.NCCN.O.O.[Co+2].[O-]c1c2cccc1Cc1cccc(c1O)Cc1cccc(c1O)Cc1cccc(c1O)C2.[O-]c1c2cccc1Cc1cccc(c1O)Cc1cccc(c1O)Cc1cccc(c1O)C2. The standard InChI is InChI=1S/2C28H24O4.3C2H8N2.Co.2H2O/c2*29-25-17-5-1-6-18(25)14-20-8-3-10-22(27(20)31)16-24-12-4-11-23(28(24)32)15-21-9-2-7-19(13-17)26(21)30;3*3-1-2-4;;;/h2*1-12,29-32H,13-16H2;3*1-4H2;;2*1H2/q;;;;;+2;;/p-2. The monoisotopic (exact) mass is 1120 g/mol. The van der Waals surface area contributed by atoms with E-state index in [0.717, 1.165) is 0 Å². The molecule has 16 bridgehead atoms. The zero-order chi connectivity index (χ0) is 54.7. The summed E-state index contributed by atoms with van der Waals surface area (Å²) in [6.07, 6.45) is 2.67. The van der Waals surface area contributed by atoms with Gasteiger partial charge in [0.1, 0.15) is 34.5 Å². The summed E-state index contributed by atoms with van der Waals surface area (Å²) >= 11 is 0. The van der Waals surface area contributed by atoms with Gasteiger partial charge in [-0.15, -0.1) is 11.5 Å². The molecule has 8 aromatic carbocycles. The Balaban J connectivity index is 0.000000335. The molecule has 10 rings (SSSR count). The number of benzene rings is 8. The molecule has 0 spiro atoms. The van der Waals surface area contributed by atoms with Gasteiger partial charge in [0, 0.05) is 90.6 Å². The summed E-state index contributed by atoms with van der Waals surface area (Å²) in [4.78, 5) is 0. The van der Waals surface area contributed by atoms with E-state index in [0.29, 0.717) is 180 Å². The van der Waals surface area contributed by atoms with E-state index in [-0.39, 0.29) is 73.7 Å². The third-order valence-corrected chi connectivity index (χ3v) is 13.1. The van der Waals surface area contributed by atoms with Gasteiger partial charge in [0.2, 0.25) is 0 Å². The largest absolute Gasteiger partial charge is 2.00 e. The molecule has 0 heterocycles. The Kier molecular flexibility index (Phi) is 26.8. The number of nitrogens with two attached hydrogens (primary N) is 6. The maximum atomic E-state index is 13.2. The summed E-state index contributed by atoms with van der Waals surface area (Å²) in [7, 11) is 0. The Morgan fingerprint density at radius 3 is 0.456 bits per heavy atom. The second-order valence-electron chi connectivity index (χ2n) is 18.5. The van der Waals surface area contributed by atoms with E-state index in [4.69, 9.17) is 34.4 Å². The molecule has 17 heteroatoms. The minimum Gasteiger partial charge on any atom is -0.872 e. The van der Waals surface area contributed by atoms with Gasteiger partial charge in [0.25, 0.3) is 0 Å². The molecule has 0 atom stereocenters. The van der Waals surface area contributed by atoms with Crippen LogP contribution in [0.3, 0.4) is 0 Å². The summed E-state index contributed by atoms with van der Waals surface area (Å²) in [5.74, 6) is 0.792. The summed E-state index contributed by atoms with van der Waals surface area (Å²) in [5.41, 5.74) is 40.1. The van der Waals surface area contributed by atoms with Crippen LogP contribution in [0.1, 0.15) is 89.0 Å². The van der Waals surface area contributed by atoms with Gasteiger partial charge in [-0.05, 0) is 66.8 Å². The molecule has 0 amide bonds. The maximum absolute atomic E-state index is 13.2. The molecule has 2 aliphatic rings. The van der Waals surface area contributed by atoms with Crippen molar-refractivity contribution in [3.05, 3.63) is 235 Å². The Morgan fingerprint density at radius 2 is 0.342 bits per heavy atom. The summed E-state index contributed by atoms with van der Waals surface area (Å²) in [6, 6.07) is 44.0. The summed E-state index contributed by atoms with van der Waals surface area (Å²) in [6.45, 7) is 3.58. The van der Waals surface area contributed by atoms with Crippen molar-refractivity contribution >= 4 is 0 Å². The Labute approximate surface area is 472 Å². The van der Waals surface area contributed by atoms with Crippen molar-refractivity contribution in [3.63, 3.8) is 0 Å². The van der Waals surface area contributed by atoms with Crippen LogP contribution in [0.25, 0.3) is 0 Å². The molecule has 8 aromatic rings. The number of phenols is 6. The van der Waals surface area contributed by atoms with Crippen molar-refractivity contribution in [3.8, 4) is 46.0 Å². The number of hydrogen-bond donors (Lipinski definition) is 12. The second kappa shape index (κ2) is 32.3. The molecular formula is C62H74CoN6O10. The van der Waals surface area contributed by atoms with Crippen LogP contribution in [0.15, 0.2) is 146 Å². The summed E-state index contributed by atoms with van der Waals surface area (Å²) in [5, 5.41) is 91.9. The molecule has 421 valence electrons. The van der Waals surface area contributed by atoms with E-state index in [2.05, 4.69) is 0 Å². The predicted molar refractivity (Wildman–Crippen MR) is 304 cm³/mol. The van der Waals surface area contributed by atoms with E-state index in [1.165, 1.54) is 0 Å². The Bertz CT molecular complexity index is 2420. The molecule has 0 aliphatic heterocycles. The van der Waals surface area contributed by atoms with Crippen LogP contribution in [0.5, 0.6) is 46.0 Å². The van der Waals surface area contributed by atoms with E-state index in [1.54, 1.807) is 24.3 Å². The summed E-state index contributed by atoms with van der Waals surface area (Å²) < 4.78 is 0. The number of aromatic hydroxyl groups is 6. The molecule has 22 N–H and O–H groups in total. The third kappa shape index (κ3) is 16.9. The number of phenolic OH excluding ortho intramolecular Hbond substituents is 6. The fourth-order valence-corrected chi connectivity index (χ4v) is 9.05. The van der Waals surface area contributed by atoms with Crippen LogP contribution in [-0.2, 0) is 68.1 Å². The van der Waals surface area contributed by atoms with Gasteiger partial charge in [0.15, 0.2) is 0 Å². The fraction of sp³-hybridized carbons (Fsp3) is 0.226. The van der Waals surface area contributed by atoms with Gasteiger partial charge in [-0.3, -0.25) is 0 Å². The maximum Gasteiger partial charge on any atom is 2.00 e. The van der Waals surface area contributed by atoms with Gasteiger partial charge in [-0.25, -0.2) is 0 Å². The van der Waals surface area contributed by atoms with Crippen LogP contribution in [-0.4, -0.2) is 80.9 Å². The molecule has 0 aromatic heterocycles. The first-order valence-electron chi connectivity index (χ1n) is 25.3. The average Bonchev–Trinajstić information content (AvgIpc) is 3.43. The van der Waals surface area contributed by atoms with Gasteiger partial charge >= 0.3 is 16.8 Å². The first-order chi connectivity index (χ1) is 36.8. The van der Waals surface area contributed by atoms with E-state index in [1.807, 2.05) is 121 Å². The zero-order valence-corrected chi connectivity index (χ0v) is 45.1. The molecule has 0 saturated heterocycles. The molecule has 0 saturated carbocycles. The second-order valence-corrected chi connectivity index (χ2v) is 18.5. The van der Waals surface area contributed by atoms with Gasteiger partial charge in [0.05, 0.1) is 0 Å². The molecule has 1 radical (unpaired) electrons. The van der Waals surface area contributed by atoms with E-state index >= 15 is 0 Å². The third-order valence-electron chi connectivity index (χ3n) is 13.1. The predicted octanol–water partition coefficient (Wildman–Crippen LogP) is 4.17. The van der Waals surface area contributed by atoms with Gasteiger partial charge in [-0.1, -0.05) is 168 Å². The Hall–Kier alpha value is -7.65. The average molecular weight is 1120 g/mol. The molecule has 79 heavy (non-hydrogen) atoms. The van der Waals surface area contributed by atoms with Crippen LogP contribution in [0, 0.1) is 0 Å². The van der Waals surface area contributed by atoms with Crippen molar-refractivity contribution in [1.82, 2.24) is 0 Å². The van der Waals surface area contributed by atoms with Crippen LogP contribution < -0.4 is 44.6 Å². The van der Waals surface area contributed by atoms with Gasteiger partial charge < -0.3 is 86.2 Å². The molecule has 0 fully saturated rings. The molecule has 0 unspecified atom stereocenters. The van der Waals surface area contributed by atoms with E-state index < -0.39 is 0 Å². The van der Waals surface area contributed by atoms with Crippen molar-refractivity contribution in [2.24, 2.45) is 34.4 Å². The molecule has 2 aliphatic carbocycles. The van der Waals surface area contributed by atoms with Crippen LogP contribution in [0.2, 0.25) is 0 Å². The first kappa shape index (κ1) is 65.6. The van der Waals surface area contributed by atoms with Crippen molar-refractivity contribution in [1.29, 1.82) is 0 Å². The first-order valence-corrected chi connectivity index (χ1v) is 25.3. The fourth-order valence-electron chi connectivity index (χ4n) is 9.05. The number of para-hydroxylation sites is 8. The topological polar surface area (TPSA) is 387 Å². The normalized spacial score (nSPS) is 11.7. The number of rotatable bonds is 3. The zero-order valence-electron chi connectivity index (χ0n) is 44.1. The quantitative estimate of drug-likeness (QED) is 0.118. The van der Waals surface area contributed by atoms with Crippen molar-refractivity contribution < 1.29 is 68.6 Å². The van der Waals surface area contributed by atoms with Crippen LogP contribution >= 0.6 is 0 Å². The smallest absolute Gasteiger partial charge is 0.872 e. The molecular weight excluding hydrogens is 1050 g/mol. The van der Waals surface area contributed by atoms with Gasteiger partial charge in [-0.2, -0.15) is 0 Å². The number of hydrogen-bond acceptors (Lipinski definition) is 14. The minimum absolute atomic E-state index is 0. The Morgan fingerprint density at radius 1 is 0.241 bits per heavy atom. The minimum atomic E-state index is -0.0722. The number of fused-ring (bicyclic) bond motifs is 16. The van der Waals surface area contributed by atoms with Crippen LogP contribution in [0.4, 0.5) is 0 Å². The molecule has 16 nitrogen and oxygen atoms in total. The van der Waals surface area contributed by atoms with Crippen molar-refractivity contribution in [2.45, 2.75) is 51.4 Å².